The lowest BCUT2D eigenvalue weighted by molar-refractivity contribution is -0.0322. The molecule has 2 aromatic rings. The molecule has 1 fully saturated rings. The van der Waals surface area contributed by atoms with Crippen LogP contribution in [-0.2, 0) is 4.74 Å². The van der Waals surface area contributed by atoms with Crippen LogP contribution in [0.2, 0.25) is 0 Å². The molecule has 5 nitrogen and oxygen atoms in total. The van der Waals surface area contributed by atoms with Gasteiger partial charge in [-0.1, -0.05) is 42.5 Å². The van der Waals surface area contributed by atoms with Crippen LogP contribution in [0.5, 0.6) is 0 Å². The second-order valence-corrected chi connectivity index (χ2v) is 7.22. The molecule has 1 heterocycles. The summed E-state index contributed by atoms with van der Waals surface area (Å²) in [5, 5.41) is 10.2. The highest BCUT2D eigenvalue weighted by Gasteiger charge is 2.40. The Kier molecular flexibility index (Phi) is 5.05. The van der Waals surface area contributed by atoms with Crippen LogP contribution in [0.25, 0.3) is 0 Å². The summed E-state index contributed by atoms with van der Waals surface area (Å²) in [4.78, 5) is 26.6. The summed E-state index contributed by atoms with van der Waals surface area (Å²) < 4.78 is 5.89. The number of fused-ring (bicyclic) bond motifs is 1. The Morgan fingerprint density at radius 2 is 1.44 bits per heavy atom. The van der Waals surface area contributed by atoms with E-state index < -0.39 is 6.10 Å². The predicted molar refractivity (Wildman–Crippen MR) is 100 cm³/mol. The highest BCUT2D eigenvalue weighted by molar-refractivity contribution is 6.21. The topological polar surface area (TPSA) is 66.8 Å². The average Bonchev–Trinajstić information content (AvgIpc) is 2.98. The maximum atomic E-state index is 12.6. The molecule has 1 aliphatic carbocycles. The first-order valence-corrected chi connectivity index (χ1v) is 9.46. The van der Waals surface area contributed by atoms with Gasteiger partial charge in [0.05, 0.1) is 23.8 Å². The Balaban J connectivity index is 1.31. The zero-order chi connectivity index (χ0) is 18.8. The standard InChI is InChI=1S/C22H23NO4/c24-20(15-6-2-1-3-7-15)14-27-17-12-10-16(11-13-17)23-21(25)18-8-4-5-9-19(18)22(23)26/h1-9,16-17,20,24H,10-14H2. The smallest absolute Gasteiger partial charge is 0.261 e. The van der Waals surface area contributed by atoms with Crippen molar-refractivity contribution < 1.29 is 19.4 Å². The minimum Gasteiger partial charge on any atom is -0.386 e. The van der Waals surface area contributed by atoms with E-state index in [0.717, 1.165) is 31.2 Å². The molecule has 0 spiro atoms. The molecule has 1 aliphatic heterocycles. The molecular weight excluding hydrogens is 342 g/mol. The highest BCUT2D eigenvalue weighted by Crippen LogP contribution is 2.32. The first-order valence-electron chi connectivity index (χ1n) is 9.46. The van der Waals surface area contributed by atoms with Crippen LogP contribution in [0.4, 0.5) is 0 Å². The molecule has 2 aliphatic rings. The monoisotopic (exact) mass is 365 g/mol. The van der Waals surface area contributed by atoms with E-state index in [1.807, 2.05) is 30.3 Å². The first kappa shape index (κ1) is 17.9. The molecule has 0 bridgehead atoms. The highest BCUT2D eigenvalue weighted by atomic mass is 16.5. The van der Waals surface area contributed by atoms with E-state index in [9.17, 15) is 14.7 Å². The van der Waals surface area contributed by atoms with E-state index in [0.29, 0.717) is 11.1 Å². The first-order chi connectivity index (χ1) is 13.1. The number of hydrogen-bond donors (Lipinski definition) is 1. The zero-order valence-electron chi connectivity index (χ0n) is 15.1. The molecule has 4 rings (SSSR count). The van der Waals surface area contributed by atoms with Gasteiger partial charge in [0.1, 0.15) is 6.10 Å². The number of benzene rings is 2. The summed E-state index contributed by atoms with van der Waals surface area (Å²) in [7, 11) is 0. The van der Waals surface area contributed by atoms with E-state index in [1.54, 1.807) is 24.3 Å². The van der Waals surface area contributed by atoms with E-state index >= 15 is 0 Å². The third-order valence-electron chi connectivity index (χ3n) is 5.51. The summed E-state index contributed by atoms with van der Waals surface area (Å²) in [5.41, 5.74) is 1.86. The fourth-order valence-electron chi connectivity index (χ4n) is 4.01. The molecule has 2 aromatic carbocycles. The van der Waals surface area contributed by atoms with Crippen molar-refractivity contribution in [3.05, 3.63) is 71.3 Å². The molecule has 1 atom stereocenters. The average molecular weight is 365 g/mol. The molecule has 2 amide bonds. The predicted octanol–water partition coefficient (Wildman–Crippen LogP) is 3.34. The number of imide groups is 1. The van der Waals surface area contributed by atoms with Crippen molar-refractivity contribution in [2.75, 3.05) is 6.61 Å². The normalized spacial score (nSPS) is 23.4. The summed E-state index contributed by atoms with van der Waals surface area (Å²) in [6, 6.07) is 16.4. The largest absolute Gasteiger partial charge is 0.386 e. The molecule has 27 heavy (non-hydrogen) atoms. The van der Waals surface area contributed by atoms with Crippen molar-refractivity contribution in [2.45, 2.75) is 43.9 Å². The van der Waals surface area contributed by atoms with Crippen LogP contribution < -0.4 is 0 Å². The number of rotatable bonds is 5. The maximum Gasteiger partial charge on any atom is 0.261 e. The minimum absolute atomic E-state index is 0.0507. The molecule has 1 unspecified atom stereocenters. The Bertz CT molecular complexity index is 792. The van der Waals surface area contributed by atoms with Gasteiger partial charge >= 0.3 is 0 Å². The Morgan fingerprint density at radius 1 is 0.889 bits per heavy atom. The van der Waals surface area contributed by atoms with Gasteiger partial charge < -0.3 is 9.84 Å². The summed E-state index contributed by atoms with van der Waals surface area (Å²) >= 11 is 0. The number of carbonyl (C=O) groups is 2. The van der Waals surface area contributed by atoms with E-state index in [2.05, 4.69) is 0 Å². The van der Waals surface area contributed by atoms with Crippen molar-refractivity contribution in [1.29, 1.82) is 0 Å². The number of aliphatic hydroxyl groups excluding tert-OH is 1. The van der Waals surface area contributed by atoms with Gasteiger partial charge in [0.15, 0.2) is 0 Å². The molecule has 5 heteroatoms. The zero-order valence-corrected chi connectivity index (χ0v) is 15.1. The van der Waals surface area contributed by atoms with Crippen LogP contribution in [0, 0.1) is 0 Å². The van der Waals surface area contributed by atoms with Crippen LogP contribution in [0.1, 0.15) is 58.1 Å². The van der Waals surface area contributed by atoms with Crippen molar-refractivity contribution >= 4 is 11.8 Å². The van der Waals surface area contributed by atoms with Crippen molar-refractivity contribution in [3.63, 3.8) is 0 Å². The molecule has 1 saturated carbocycles. The molecule has 140 valence electrons. The second-order valence-electron chi connectivity index (χ2n) is 7.22. The van der Waals surface area contributed by atoms with Gasteiger partial charge in [-0.25, -0.2) is 0 Å². The van der Waals surface area contributed by atoms with Gasteiger partial charge in [-0.3, -0.25) is 14.5 Å². The van der Waals surface area contributed by atoms with Crippen LogP contribution in [0.3, 0.4) is 0 Å². The lowest BCUT2D eigenvalue weighted by Crippen LogP contribution is -2.43. The SMILES string of the molecule is O=C1c2ccccc2C(=O)N1C1CCC(OCC(O)c2ccccc2)CC1. The van der Waals surface area contributed by atoms with E-state index in [1.165, 1.54) is 4.90 Å². The third kappa shape index (κ3) is 3.53. The fourth-order valence-corrected chi connectivity index (χ4v) is 4.01. The number of nitrogens with zero attached hydrogens (tertiary/aromatic N) is 1. The van der Waals surface area contributed by atoms with Crippen LogP contribution in [0.15, 0.2) is 54.6 Å². The van der Waals surface area contributed by atoms with Gasteiger partial charge in [0, 0.05) is 6.04 Å². The Morgan fingerprint density at radius 3 is 2.04 bits per heavy atom. The van der Waals surface area contributed by atoms with Crippen molar-refractivity contribution in [3.8, 4) is 0 Å². The van der Waals surface area contributed by atoms with Crippen LogP contribution in [-0.4, -0.2) is 40.6 Å². The van der Waals surface area contributed by atoms with E-state index in [4.69, 9.17) is 4.74 Å². The van der Waals surface area contributed by atoms with Gasteiger partial charge in [0.25, 0.3) is 11.8 Å². The van der Waals surface area contributed by atoms with Gasteiger partial charge in [-0.2, -0.15) is 0 Å². The fraction of sp³-hybridized carbons (Fsp3) is 0.364. The molecule has 0 aromatic heterocycles. The number of hydrogen-bond acceptors (Lipinski definition) is 4. The Hall–Kier alpha value is -2.50. The lowest BCUT2D eigenvalue weighted by atomic mass is 9.91. The number of amides is 2. The molecule has 0 radical (unpaired) electrons. The molecule has 0 saturated heterocycles. The van der Waals surface area contributed by atoms with Gasteiger partial charge in [0.2, 0.25) is 0 Å². The Labute approximate surface area is 158 Å². The van der Waals surface area contributed by atoms with Gasteiger partial charge in [-0.05, 0) is 43.4 Å². The van der Waals surface area contributed by atoms with Gasteiger partial charge in [-0.15, -0.1) is 0 Å². The summed E-state index contributed by atoms with van der Waals surface area (Å²) in [6.07, 6.45) is 2.43. The quantitative estimate of drug-likeness (QED) is 0.825. The lowest BCUT2D eigenvalue weighted by Gasteiger charge is -2.33. The van der Waals surface area contributed by atoms with Crippen molar-refractivity contribution in [1.82, 2.24) is 4.90 Å². The summed E-state index contributed by atoms with van der Waals surface area (Å²) in [5.74, 6) is -0.362. The minimum atomic E-state index is -0.639. The molecular formula is C22H23NO4. The van der Waals surface area contributed by atoms with Crippen molar-refractivity contribution in [2.24, 2.45) is 0 Å². The number of ether oxygens (including phenoxy) is 1. The third-order valence-corrected chi connectivity index (χ3v) is 5.51. The van der Waals surface area contributed by atoms with Crippen LogP contribution >= 0.6 is 0 Å². The number of aliphatic hydroxyl groups is 1. The summed E-state index contributed by atoms with van der Waals surface area (Å²) in [6.45, 7) is 0.256. The number of carbonyl (C=O) groups excluding carboxylic acids is 2. The second kappa shape index (κ2) is 7.62. The van der Waals surface area contributed by atoms with E-state index in [-0.39, 0.29) is 30.6 Å². The maximum absolute atomic E-state index is 12.6. The molecule has 1 N–H and O–H groups in total.